The van der Waals surface area contributed by atoms with Gasteiger partial charge in [0.25, 0.3) is 0 Å². The van der Waals surface area contributed by atoms with Crippen LogP contribution in [-0.2, 0) is 17.1 Å². The zero-order valence-electron chi connectivity index (χ0n) is 7.27. The van der Waals surface area contributed by atoms with E-state index in [2.05, 4.69) is 9.82 Å². The van der Waals surface area contributed by atoms with Crippen molar-refractivity contribution in [1.82, 2.24) is 9.78 Å². The quantitative estimate of drug-likeness (QED) is 0.666. The van der Waals surface area contributed by atoms with Gasteiger partial charge in [-0.2, -0.15) is 5.10 Å². The van der Waals surface area contributed by atoms with Gasteiger partial charge in [0, 0.05) is 19.8 Å². The standard InChI is InChI=1S/C6H12N4O2S/c1-10-5-6(4-8-10)9-13(11,12)3-2-7/h4-5,9H,2-3,7H2,1H3. The summed E-state index contributed by atoms with van der Waals surface area (Å²) in [6.45, 7) is 0.107. The molecule has 0 fully saturated rings. The smallest absolute Gasteiger partial charge is 0.234 e. The molecule has 13 heavy (non-hydrogen) atoms. The van der Waals surface area contributed by atoms with Crippen molar-refractivity contribution in [3.05, 3.63) is 12.4 Å². The Morgan fingerprint density at radius 3 is 2.85 bits per heavy atom. The average molecular weight is 204 g/mol. The first-order valence-electron chi connectivity index (χ1n) is 3.73. The molecule has 1 aromatic rings. The second kappa shape index (κ2) is 3.75. The molecule has 1 rings (SSSR count). The molecule has 0 atom stereocenters. The third kappa shape index (κ3) is 3.03. The number of nitrogens with two attached hydrogens (primary N) is 1. The third-order valence-corrected chi connectivity index (χ3v) is 2.68. The van der Waals surface area contributed by atoms with Crippen LogP contribution in [0.1, 0.15) is 0 Å². The van der Waals surface area contributed by atoms with Gasteiger partial charge in [0.05, 0.1) is 17.6 Å². The van der Waals surface area contributed by atoms with Crippen molar-refractivity contribution >= 4 is 15.7 Å². The lowest BCUT2D eigenvalue weighted by atomic mass is 10.6. The van der Waals surface area contributed by atoms with E-state index in [9.17, 15) is 8.42 Å². The van der Waals surface area contributed by atoms with Crippen LogP contribution in [0.4, 0.5) is 5.69 Å². The molecule has 0 aliphatic carbocycles. The van der Waals surface area contributed by atoms with Crippen molar-refractivity contribution in [2.45, 2.75) is 0 Å². The molecule has 74 valence electrons. The Morgan fingerprint density at radius 1 is 1.69 bits per heavy atom. The summed E-state index contributed by atoms with van der Waals surface area (Å²) in [6.07, 6.45) is 3.02. The van der Waals surface area contributed by atoms with Crippen molar-refractivity contribution in [2.24, 2.45) is 12.8 Å². The summed E-state index contributed by atoms with van der Waals surface area (Å²) in [4.78, 5) is 0. The highest BCUT2D eigenvalue weighted by Crippen LogP contribution is 2.05. The summed E-state index contributed by atoms with van der Waals surface area (Å²) in [5, 5.41) is 3.82. The molecular weight excluding hydrogens is 192 g/mol. The number of rotatable bonds is 4. The third-order valence-electron chi connectivity index (χ3n) is 1.36. The largest absolute Gasteiger partial charge is 0.329 e. The molecule has 0 spiro atoms. The Hall–Kier alpha value is -1.08. The molecular formula is C6H12N4O2S. The SMILES string of the molecule is Cn1cc(NS(=O)(=O)CCN)cn1. The van der Waals surface area contributed by atoms with Crippen molar-refractivity contribution in [1.29, 1.82) is 0 Å². The number of sulfonamides is 1. The van der Waals surface area contributed by atoms with Crippen LogP contribution >= 0.6 is 0 Å². The molecule has 7 heteroatoms. The van der Waals surface area contributed by atoms with E-state index in [0.717, 1.165) is 0 Å². The molecule has 0 saturated carbocycles. The Bertz CT molecular complexity index is 370. The summed E-state index contributed by atoms with van der Waals surface area (Å²) in [5.41, 5.74) is 5.59. The van der Waals surface area contributed by atoms with Crippen molar-refractivity contribution in [3.8, 4) is 0 Å². The number of hydrogen-bond acceptors (Lipinski definition) is 4. The fraction of sp³-hybridized carbons (Fsp3) is 0.500. The van der Waals surface area contributed by atoms with Gasteiger partial charge in [-0.1, -0.05) is 0 Å². The fourth-order valence-corrected chi connectivity index (χ4v) is 1.74. The van der Waals surface area contributed by atoms with Crippen molar-refractivity contribution in [2.75, 3.05) is 17.0 Å². The van der Waals surface area contributed by atoms with Gasteiger partial charge in [0.2, 0.25) is 10.0 Å². The number of nitrogens with zero attached hydrogens (tertiary/aromatic N) is 2. The first-order valence-corrected chi connectivity index (χ1v) is 5.38. The number of aromatic nitrogens is 2. The van der Waals surface area contributed by atoms with Crippen molar-refractivity contribution < 1.29 is 8.42 Å². The van der Waals surface area contributed by atoms with Crippen LogP contribution < -0.4 is 10.5 Å². The van der Waals surface area contributed by atoms with Gasteiger partial charge >= 0.3 is 0 Å². The van der Waals surface area contributed by atoms with Crippen LogP contribution in [-0.4, -0.2) is 30.5 Å². The average Bonchev–Trinajstić information content (AvgIpc) is 2.34. The van der Waals surface area contributed by atoms with Gasteiger partial charge in [0.15, 0.2) is 0 Å². The van der Waals surface area contributed by atoms with E-state index in [-0.39, 0.29) is 12.3 Å². The zero-order valence-corrected chi connectivity index (χ0v) is 8.08. The molecule has 1 aromatic heterocycles. The molecule has 3 N–H and O–H groups in total. The molecule has 0 saturated heterocycles. The predicted octanol–water partition coefficient (Wildman–Crippen LogP) is -0.879. The van der Waals surface area contributed by atoms with E-state index in [0.29, 0.717) is 5.69 Å². The molecule has 0 amide bonds. The van der Waals surface area contributed by atoms with Crippen molar-refractivity contribution in [3.63, 3.8) is 0 Å². The summed E-state index contributed by atoms with van der Waals surface area (Å²) < 4.78 is 26.2. The summed E-state index contributed by atoms with van der Waals surface area (Å²) in [7, 11) is -1.59. The number of hydrogen-bond donors (Lipinski definition) is 2. The zero-order chi connectivity index (χ0) is 9.90. The van der Waals surface area contributed by atoms with Crippen LogP contribution in [0.2, 0.25) is 0 Å². The summed E-state index contributed by atoms with van der Waals surface area (Å²) >= 11 is 0. The lowest BCUT2D eigenvalue weighted by molar-refractivity contribution is 0.601. The fourth-order valence-electron chi connectivity index (χ4n) is 0.860. The van der Waals surface area contributed by atoms with Crippen LogP contribution in [0.25, 0.3) is 0 Å². The number of nitrogens with one attached hydrogen (secondary N) is 1. The number of aryl methyl sites for hydroxylation is 1. The van der Waals surface area contributed by atoms with Gasteiger partial charge < -0.3 is 5.73 Å². The molecule has 6 nitrogen and oxygen atoms in total. The Kier molecular flexibility index (Phi) is 2.89. The molecule has 1 heterocycles. The lowest BCUT2D eigenvalue weighted by Crippen LogP contribution is -2.22. The molecule has 0 aliphatic rings. The van der Waals surface area contributed by atoms with Crippen LogP contribution in [0, 0.1) is 0 Å². The second-order valence-electron chi connectivity index (χ2n) is 2.61. The van der Waals surface area contributed by atoms with Gasteiger partial charge in [-0.15, -0.1) is 0 Å². The van der Waals surface area contributed by atoms with Crippen LogP contribution in [0.15, 0.2) is 12.4 Å². The monoisotopic (exact) mass is 204 g/mol. The topological polar surface area (TPSA) is 90.0 Å². The normalized spacial score (nSPS) is 11.5. The van der Waals surface area contributed by atoms with E-state index in [1.807, 2.05) is 0 Å². The van der Waals surface area contributed by atoms with Crippen LogP contribution in [0.3, 0.4) is 0 Å². The minimum absolute atomic E-state index is 0.0815. The highest BCUT2D eigenvalue weighted by Gasteiger charge is 2.09. The summed E-state index contributed by atoms with van der Waals surface area (Å²) in [6, 6.07) is 0. The minimum atomic E-state index is -3.30. The van der Waals surface area contributed by atoms with Gasteiger partial charge in [0.1, 0.15) is 0 Å². The highest BCUT2D eigenvalue weighted by molar-refractivity contribution is 7.92. The Morgan fingerprint density at radius 2 is 2.38 bits per heavy atom. The maximum atomic E-state index is 11.2. The van der Waals surface area contributed by atoms with Gasteiger partial charge in [-0.25, -0.2) is 8.42 Å². The molecule has 0 aromatic carbocycles. The lowest BCUT2D eigenvalue weighted by Gasteiger charge is -2.02. The molecule has 0 radical (unpaired) electrons. The van der Waals surface area contributed by atoms with E-state index >= 15 is 0 Å². The van der Waals surface area contributed by atoms with Gasteiger partial charge in [-0.3, -0.25) is 9.40 Å². The Balaban J connectivity index is 2.69. The van der Waals surface area contributed by atoms with Gasteiger partial charge in [-0.05, 0) is 0 Å². The maximum absolute atomic E-state index is 11.2. The van der Waals surface area contributed by atoms with E-state index in [4.69, 9.17) is 5.73 Å². The van der Waals surface area contributed by atoms with E-state index in [1.165, 1.54) is 10.9 Å². The first-order chi connectivity index (χ1) is 6.03. The highest BCUT2D eigenvalue weighted by atomic mass is 32.2. The van der Waals surface area contributed by atoms with Crippen LogP contribution in [0.5, 0.6) is 0 Å². The minimum Gasteiger partial charge on any atom is -0.329 e. The molecule has 0 bridgehead atoms. The predicted molar refractivity (Wildman–Crippen MR) is 49.7 cm³/mol. The molecule has 0 aliphatic heterocycles. The number of anilines is 1. The Labute approximate surface area is 76.8 Å². The maximum Gasteiger partial charge on any atom is 0.234 e. The molecule has 0 unspecified atom stereocenters. The van der Waals surface area contributed by atoms with E-state index < -0.39 is 10.0 Å². The second-order valence-corrected chi connectivity index (χ2v) is 4.45. The first kappa shape index (κ1) is 10.0. The van der Waals surface area contributed by atoms with E-state index in [1.54, 1.807) is 13.2 Å². The summed E-state index contributed by atoms with van der Waals surface area (Å²) in [5.74, 6) is -0.0815.